The van der Waals surface area contributed by atoms with E-state index in [1.807, 2.05) is 0 Å². The van der Waals surface area contributed by atoms with Gasteiger partial charge in [-0.15, -0.1) is 0 Å². The number of methoxy groups -OCH3 is 1. The molecule has 1 aliphatic carbocycles. The van der Waals surface area contributed by atoms with E-state index in [4.69, 9.17) is 9.47 Å². The Morgan fingerprint density at radius 1 is 1.00 bits per heavy atom. The third-order valence-corrected chi connectivity index (χ3v) is 10.2. The second-order valence-electron chi connectivity index (χ2n) is 12.7. The highest BCUT2D eigenvalue weighted by Gasteiger charge is 2.36. The van der Waals surface area contributed by atoms with Gasteiger partial charge in [-0.25, -0.2) is 18.4 Å². The van der Waals surface area contributed by atoms with E-state index in [1.54, 1.807) is 13.0 Å². The predicted octanol–water partition coefficient (Wildman–Crippen LogP) is 5.25. The maximum absolute atomic E-state index is 14.2. The zero-order valence-electron chi connectivity index (χ0n) is 29.2. The standard InChI is InChI=1S/C34H41F3N8O6S/c1-20-18-38-29(50-4)17-27(20)42-33-39-19-25(34(35,36)37)30(43-33)40-26-11-10-24(16-28(26)41-31(46)21(2)23-8-6-7-9-23)51-22(3)32(47)44-12-14-45(15-13-44)52(5,48)49/h10-11,16-19,22-23H,2,6-9,12-15H2,1,3-5H3,(H,41,46)(H2,38,39,40,42,43)/t22-/m0/s1. The number of nitrogens with zero attached hydrogens (tertiary/aromatic N) is 5. The van der Waals surface area contributed by atoms with Crippen molar-refractivity contribution in [3.63, 3.8) is 0 Å². The van der Waals surface area contributed by atoms with Gasteiger partial charge in [0, 0.05) is 56.3 Å². The van der Waals surface area contributed by atoms with Gasteiger partial charge in [0.25, 0.3) is 11.8 Å². The summed E-state index contributed by atoms with van der Waals surface area (Å²) in [4.78, 5) is 40.2. The summed E-state index contributed by atoms with van der Waals surface area (Å²) in [7, 11) is -1.96. The lowest BCUT2D eigenvalue weighted by Gasteiger charge is -2.34. The number of benzene rings is 1. The van der Waals surface area contributed by atoms with Crippen molar-refractivity contribution in [2.24, 2.45) is 5.92 Å². The summed E-state index contributed by atoms with van der Waals surface area (Å²) in [6.45, 7) is 7.91. The Hall–Kier alpha value is -4.97. The van der Waals surface area contributed by atoms with E-state index >= 15 is 0 Å². The summed E-state index contributed by atoms with van der Waals surface area (Å²) in [5.74, 6) is -1.26. The summed E-state index contributed by atoms with van der Waals surface area (Å²) in [6.07, 6.45) is 0.935. The van der Waals surface area contributed by atoms with E-state index in [-0.39, 0.29) is 67.0 Å². The molecule has 3 heterocycles. The third-order valence-electron chi connectivity index (χ3n) is 8.94. The average Bonchev–Trinajstić information content (AvgIpc) is 3.64. The van der Waals surface area contributed by atoms with Crippen molar-refractivity contribution >= 4 is 50.7 Å². The van der Waals surface area contributed by atoms with Gasteiger partial charge in [0.05, 0.1) is 30.4 Å². The van der Waals surface area contributed by atoms with E-state index in [0.29, 0.717) is 23.0 Å². The summed E-state index contributed by atoms with van der Waals surface area (Å²) < 4.78 is 78.9. The normalized spacial score (nSPS) is 16.2. The highest BCUT2D eigenvalue weighted by molar-refractivity contribution is 7.88. The fraction of sp³-hybridized carbons (Fsp3) is 0.441. The minimum Gasteiger partial charge on any atom is -0.481 e. The molecule has 0 radical (unpaired) electrons. The highest BCUT2D eigenvalue weighted by atomic mass is 32.2. The van der Waals surface area contributed by atoms with Crippen LogP contribution in [0, 0.1) is 12.8 Å². The van der Waals surface area contributed by atoms with Crippen molar-refractivity contribution in [1.82, 2.24) is 24.2 Å². The lowest BCUT2D eigenvalue weighted by Crippen LogP contribution is -2.53. The summed E-state index contributed by atoms with van der Waals surface area (Å²) in [5.41, 5.74) is 0.403. The molecule has 2 fully saturated rings. The molecule has 2 aromatic heterocycles. The fourth-order valence-electron chi connectivity index (χ4n) is 5.97. The maximum atomic E-state index is 14.2. The van der Waals surface area contributed by atoms with Gasteiger partial charge in [-0.05, 0) is 50.3 Å². The summed E-state index contributed by atoms with van der Waals surface area (Å²) in [5, 5.41) is 8.39. The number of ether oxygens (including phenoxy) is 2. The molecule has 1 aromatic carbocycles. The second-order valence-corrected chi connectivity index (χ2v) is 14.6. The highest BCUT2D eigenvalue weighted by Crippen LogP contribution is 2.38. The number of hydrogen-bond donors (Lipinski definition) is 3. The molecule has 18 heteroatoms. The van der Waals surface area contributed by atoms with Crippen LogP contribution < -0.4 is 25.4 Å². The molecule has 0 unspecified atom stereocenters. The van der Waals surface area contributed by atoms with Crippen LogP contribution in [0.4, 0.5) is 42.0 Å². The van der Waals surface area contributed by atoms with Gasteiger partial charge in [0.1, 0.15) is 17.1 Å². The second kappa shape index (κ2) is 15.7. The molecule has 1 aliphatic heterocycles. The molecule has 1 saturated heterocycles. The number of nitrogens with one attached hydrogen (secondary N) is 3. The van der Waals surface area contributed by atoms with E-state index in [0.717, 1.165) is 31.9 Å². The number of carbonyl (C=O) groups is 2. The van der Waals surface area contributed by atoms with Gasteiger partial charge in [-0.2, -0.15) is 22.5 Å². The van der Waals surface area contributed by atoms with E-state index < -0.39 is 39.6 Å². The van der Waals surface area contributed by atoms with E-state index in [9.17, 15) is 31.2 Å². The van der Waals surface area contributed by atoms with Gasteiger partial charge in [0.15, 0.2) is 6.10 Å². The van der Waals surface area contributed by atoms with Crippen LogP contribution in [0.1, 0.15) is 43.7 Å². The molecule has 2 amide bonds. The van der Waals surface area contributed by atoms with Crippen molar-refractivity contribution in [2.45, 2.75) is 51.8 Å². The zero-order valence-corrected chi connectivity index (χ0v) is 30.0. The lowest BCUT2D eigenvalue weighted by molar-refractivity contribution is -0.139. The lowest BCUT2D eigenvalue weighted by atomic mass is 9.98. The van der Waals surface area contributed by atoms with Crippen molar-refractivity contribution in [2.75, 3.05) is 55.5 Å². The van der Waals surface area contributed by atoms with Crippen LogP contribution in [0.25, 0.3) is 0 Å². The van der Waals surface area contributed by atoms with Crippen LogP contribution in [0.15, 0.2) is 48.8 Å². The van der Waals surface area contributed by atoms with Crippen LogP contribution in [-0.4, -0.2) is 90.0 Å². The molecular weight excluding hydrogens is 705 g/mol. The van der Waals surface area contributed by atoms with Crippen LogP contribution in [-0.2, 0) is 25.8 Å². The minimum atomic E-state index is -4.84. The molecule has 52 heavy (non-hydrogen) atoms. The molecule has 3 N–H and O–H groups in total. The van der Waals surface area contributed by atoms with Crippen molar-refractivity contribution < 1.29 is 40.7 Å². The zero-order chi connectivity index (χ0) is 37.8. The fourth-order valence-corrected chi connectivity index (χ4v) is 6.79. The third kappa shape index (κ3) is 9.27. The number of aryl methyl sites for hydroxylation is 1. The quantitative estimate of drug-likeness (QED) is 0.207. The molecule has 1 atom stereocenters. The topological polar surface area (TPSA) is 168 Å². The summed E-state index contributed by atoms with van der Waals surface area (Å²) >= 11 is 0. The Morgan fingerprint density at radius 3 is 2.33 bits per heavy atom. The Bertz CT molecular complexity index is 1930. The van der Waals surface area contributed by atoms with Gasteiger partial charge < -0.3 is 30.3 Å². The number of aromatic nitrogens is 3. The average molecular weight is 747 g/mol. The van der Waals surface area contributed by atoms with Crippen LogP contribution in [0.5, 0.6) is 11.6 Å². The molecule has 1 saturated carbocycles. The number of rotatable bonds is 12. The predicted molar refractivity (Wildman–Crippen MR) is 188 cm³/mol. The number of halogens is 3. The maximum Gasteiger partial charge on any atom is 0.421 e. The molecule has 5 rings (SSSR count). The Kier molecular flexibility index (Phi) is 11.6. The number of hydrogen-bond acceptors (Lipinski definition) is 11. The van der Waals surface area contributed by atoms with Crippen molar-refractivity contribution in [3.8, 4) is 11.6 Å². The van der Waals surface area contributed by atoms with Gasteiger partial charge in [0.2, 0.25) is 21.9 Å². The van der Waals surface area contributed by atoms with Gasteiger partial charge >= 0.3 is 6.18 Å². The molecule has 14 nitrogen and oxygen atoms in total. The van der Waals surface area contributed by atoms with Crippen molar-refractivity contribution in [3.05, 3.63) is 59.9 Å². The Labute approximate surface area is 299 Å². The number of sulfonamides is 1. The first kappa shape index (κ1) is 38.3. The molecular formula is C34H41F3N8O6S. The number of piperazine rings is 1. The first-order valence-corrected chi connectivity index (χ1v) is 18.4. The monoisotopic (exact) mass is 746 g/mol. The smallest absolute Gasteiger partial charge is 0.421 e. The number of amides is 2. The molecule has 0 spiro atoms. The molecule has 3 aromatic rings. The number of carbonyl (C=O) groups excluding carboxylic acids is 2. The first-order chi connectivity index (χ1) is 24.5. The minimum absolute atomic E-state index is 0.0285. The SMILES string of the molecule is C=C(C(=O)Nc1cc(O[C@@H](C)C(=O)N2CCN(S(C)(=O)=O)CC2)ccc1Nc1nc(Nc2cc(OC)ncc2C)ncc1C(F)(F)F)C1CCCC1. The number of anilines is 5. The largest absolute Gasteiger partial charge is 0.481 e. The molecule has 0 bridgehead atoms. The number of pyridine rings is 1. The molecule has 2 aliphatic rings. The van der Waals surface area contributed by atoms with Crippen LogP contribution in [0.3, 0.4) is 0 Å². The number of alkyl halides is 3. The Morgan fingerprint density at radius 2 is 1.69 bits per heavy atom. The molecule has 280 valence electrons. The Balaban J connectivity index is 1.43. The van der Waals surface area contributed by atoms with E-state index in [1.165, 1.54) is 47.6 Å². The van der Waals surface area contributed by atoms with Crippen molar-refractivity contribution in [1.29, 1.82) is 0 Å². The first-order valence-electron chi connectivity index (χ1n) is 16.6. The van der Waals surface area contributed by atoms with Gasteiger partial charge in [-0.1, -0.05) is 19.4 Å². The van der Waals surface area contributed by atoms with Gasteiger partial charge in [-0.3, -0.25) is 9.59 Å². The summed E-state index contributed by atoms with van der Waals surface area (Å²) in [6, 6.07) is 5.79. The van der Waals surface area contributed by atoms with Crippen LogP contribution >= 0.6 is 0 Å². The van der Waals surface area contributed by atoms with E-state index in [2.05, 4.69) is 37.5 Å². The van der Waals surface area contributed by atoms with Crippen LogP contribution in [0.2, 0.25) is 0 Å².